The van der Waals surface area contributed by atoms with Gasteiger partial charge in [0.15, 0.2) is 0 Å². The van der Waals surface area contributed by atoms with Gasteiger partial charge in [0.2, 0.25) is 6.33 Å². The van der Waals surface area contributed by atoms with Crippen LogP contribution in [0.3, 0.4) is 0 Å². The maximum Gasteiger partial charge on any atom is 0.500 e. The lowest BCUT2D eigenvalue weighted by Crippen LogP contribution is -2.44. The summed E-state index contributed by atoms with van der Waals surface area (Å²) in [7, 11) is 2.52. The van der Waals surface area contributed by atoms with Gasteiger partial charge in [-0.3, -0.25) is 4.98 Å². The summed E-state index contributed by atoms with van der Waals surface area (Å²) in [6.07, 6.45) is 6.83. The van der Waals surface area contributed by atoms with E-state index in [0.717, 1.165) is 12.5 Å². The fourth-order valence-electron chi connectivity index (χ4n) is 1.67. The topological polar surface area (TPSA) is 47.4 Å². The SMILES string of the molecule is CO[Si](CCC(C)[n+]1cc[nH]c1)(OC)OC. The third kappa shape index (κ3) is 3.15. The summed E-state index contributed by atoms with van der Waals surface area (Å²) in [4.78, 5) is 3.03. The first-order chi connectivity index (χ1) is 7.67. The van der Waals surface area contributed by atoms with Crippen molar-refractivity contribution in [2.75, 3.05) is 21.3 Å². The molecule has 0 saturated carbocycles. The molecule has 0 radical (unpaired) electrons. The van der Waals surface area contributed by atoms with Crippen molar-refractivity contribution in [2.45, 2.75) is 25.4 Å². The first-order valence-corrected chi connectivity index (χ1v) is 7.29. The summed E-state index contributed by atoms with van der Waals surface area (Å²) < 4.78 is 18.3. The highest BCUT2D eigenvalue weighted by Crippen LogP contribution is 2.18. The predicted octanol–water partition coefficient (Wildman–Crippen LogP) is 1.13. The van der Waals surface area contributed by atoms with Crippen molar-refractivity contribution in [2.24, 2.45) is 0 Å². The lowest BCUT2D eigenvalue weighted by molar-refractivity contribution is -0.718. The summed E-state index contributed by atoms with van der Waals surface area (Å²) in [5.74, 6) is 0. The molecule has 1 atom stereocenters. The number of imidazole rings is 1. The van der Waals surface area contributed by atoms with E-state index in [-0.39, 0.29) is 0 Å². The Hall–Kier alpha value is -0.693. The average Bonchev–Trinajstić information content (AvgIpc) is 2.85. The molecule has 0 aliphatic carbocycles. The fourth-order valence-corrected chi connectivity index (χ4v) is 3.55. The van der Waals surface area contributed by atoms with Gasteiger partial charge in [-0.05, 0) is 13.3 Å². The van der Waals surface area contributed by atoms with Crippen LogP contribution in [0.1, 0.15) is 19.4 Å². The second-order valence-electron chi connectivity index (χ2n) is 3.74. The van der Waals surface area contributed by atoms with E-state index in [1.54, 1.807) is 21.3 Å². The van der Waals surface area contributed by atoms with Crippen LogP contribution in [0.25, 0.3) is 0 Å². The quantitative estimate of drug-likeness (QED) is 0.579. The van der Waals surface area contributed by atoms with E-state index in [1.807, 2.05) is 18.7 Å². The van der Waals surface area contributed by atoms with Crippen LogP contribution in [-0.4, -0.2) is 35.1 Å². The maximum atomic E-state index is 5.38. The van der Waals surface area contributed by atoms with Crippen LogP contribution in [0.5, 0.6) is 0 Å². The van der Waals surface area contributed by atoms with Crippen molar-refractivity contribution < 1.29 is 17.8 Å². The third-order valence-corrected chi connectivity index (χ3v) is 5.64. The summed E-state index contributed by atoms with van der Waals surface area (Å²) in [5, 5.41) is 0. The molecule has 5 nitrogen and oxygen atoms in total. The minimum Gasteiger partial charge on any atom is -0.377 e. The zero-order valence-electron chi connectivity index (χ0n) is 10.4. The van der Waals surface area contributed by atoms with Crippen LogP contribution >= 0.6 is 0 Å². The van der Waals surface area contributed by atoms with Gasteiger partial charge >= 0.3 is 8.80 Å². The van der Waals surface area contributed by atoms with Gasteiger partial charge in [-0.2, -0.15) is 0 Å². The number of hydrogen-bond acceptors (Lipinski definition) is 3. The summed E-state index contributed by atoms with van der Waals surface area (Å²) in [6.45, 7) is 2.16. The lowest BCUT2D eigenvalue weighted by atomic mass is 10.2. The number of H-pyrrole nitrogens is 1. The molecule has 1 unspecified atom stereocenters. The average molecular weight is 245 g/mol. The van der Waals surface area contributed by atoms with Gasteiger partial charge < -0.3 is 13.3 Å². The van der Waals surface area contributed by atoms with Crippen molar-refractivity contribution in [1.82, 2.24) is 4.98 Å². The minimum atomic E-state index is -2.42. The smallest absolute Gasteiger partial charge is 0.377 e. The maximum absolute atomic E-state index is 5.38. The van der Waals surface area contributed by atoms with Crippen LogP contribution in [0.15, 0.2) is 18.7 Å². The van der Waals surface area contributed by atoms with E-state index in [9.17, 15) is 0 Å². The number of aromatic amines is 1. The second-order valence-corrected chi connectivity index (χ2v) is 6.83. The van der Waals surface area contributed by atoms with E-state index < -0.39 is 8.80 Å². The molecule has 92 valence electrons. The van der Waals surface area contributed by atoms with Gasteiger partial charge in [-0.1, -0.05) is 0 Å². The molecule has 6 heteroatoms. The van der Waals surface area contributed by atoms with Crippen LogP contribution < -0.4 is 4.57 Å². The molecule has 0 spiro atoms. The summed E-state index contributed by atoms with van der Waals surface area (Å²) in [6, 6.07) is 1.22. The molecule has 0 amide bonds. The molecule has 16 heavy (non-hydrogen) atoms. The van der Waals surface area contributed by atoms with E-state index in [2.05, 4.69) is 16.5 Å². The monoisotopic (exact) mass is 245 g/mol. The van der Waals surface area contributed by atoms with Gasteiger partial charge in [-0.25, -0.2) is 4.57 Å². The largest absolute Gasteiger partial charge is 0.500 e. The highest BCUT2D eigenvalue weighted by Gasteiger charge is 2.38. The van der Waals surface area contributed by atoms with E-state index >= 15 is 0 Å². The second kappa shape index (κ2) is 6.14. The Morgan fingerprint density at radius 3 is 2.31 bits per heavy atom. The summed E-state index contributed by atoms with van der Waals surface area (Å²) in [5.41, 5.74) is 0. The molecule has 0 aliphatic rings. The summed E-state index contributed by atoms with van der Waals surface area (Å²) >= 11 is 0. The Morgan fingerprint density at radius 1 is 1.25 bits per heavy atom. The molecular formula is C10H21N2O3Si+. The van der Waals surface area contributed by atoms with E-state index in [4.69, 9.17) is 13.3 Å². The van der Waals surface area contributed by atoms with Crippen molar-refractivity contribution >= 4 is 8.80 Å². The molecule has 1 rings (SSSR count). The van der Waals surface area contributed by atoms with Crippen LogP contribution in [0.2, 0.25) is 6.04 Å². The molecule has 1 aromatic heterocycles. The van der Waals surface area contributed by atoms with Gasteiger partial charge in [-0.15, -0.1) is 0 Å². The molecule has 0 aromatic carbocycles. The Morgan fingerprint density at radius 2 is 1.88 bits per heavy atom. The predicted molar refractivity (Wildman–Crippen MR) is 61.9 cm³/mol. The molecule has 1 N–H and O–H groups in total. The van der Waals surface area contributed by atoms with Crippen molar-refractivity contribution in [3.05, 3.63) is 18.7 Å². The molecule has 1 heterocycles. The van der Waals surface area contributed by atoms with Gasteiger partial charge in [0.1, 0.15) is 12.4 Å². The lowest BCUT2D eigenvalue weighted by Gasteiger charge is -2.24. The Kier molecular flexibility index (Phi) is 5.13. The molecule has 0 fully saturated rings. The fraction of sp³-hybridized carbons (Fsp3) is 0.700. The van der Waals surface area contributed by atoms with Crippen molar-refractivity contribution in [1.29, 1.82) is 0 Å². The zero-order valence-corrected chi connectivity index (χ0v) is 11.4. The van der Waals surface area contributed by atoms with Crippen LogP contribution in [0, 0.1) is 0 Å². The van der Waals surface area contributed by atoms with E-state index in [0.29, 0.717) is 6.04 Å². The van der Waals surface area contributed by atoms with Gasteiger partial charge in [0.25, 0.3) is 0 Å². The van der Waals surface area contributed by atoms with Crippen molar-refractivity contribution in [3.8, 4) is 0 Å². The highest BCUT2D eigenvalue weighted by molar-refractivity contribution is 6.60. The first kappa shape index (κ1) is 13.4. The Labute approximate surface area is 97.7 Å². The standard InChI is InChI=1S/C10H20N2O3Si/c1-10(12-7-6-11-9-12)5-8-16(13-2,14-3)15-4/h6-7,9-10H,5,8H2,1-4H3/p+1. The molecule has 0 aliphatic heterocycles. The van der Waals surface area contributed by atoms with E-state index in [1.165, 1.54) is 0 Å². The Bertz CT molecular complexity index is 280. The highest BCUT2D eigenvalue weighted by atomic mass is 28.4. The number of nitrogens with zero attached hydrogens (tertiary/aromatic N) is 1. The first-order valence-electron chi connectivity index (χ1n) is 5.36. The van der Waals surface area contributed by atoms with Crippen molar-refractivity contribution in [3.63, 3.8) is 0 Å². The number of nitrogens with one attached hydrogen (secondary N) is 1. The minimum absolute atomic E-state index is 0.401. The van der Waals surface area contributed by atoms with Gasteiger partial charge in [0.05, 0.1) is 6.04 Å². The molecular weight excluding hydrogens is 224 g/mol. The number of hydrogen-bond donors (Lipinski definition) is 1. The third-order valence-electron chi connectivity index (χ3n) is 2.88. The molecule has 0 saturated heterocycles. The zero-order chi connectivity index (χ0) is 12.0. The Balaban J connectivity index is 2.49. The van der Waals surface area contributed by atoms with Crippen LogP contribution in [-0.2, 0) is 13.3 Å². The van der Waals surface area contributed by atoms with Crippen LogP contribution in [0.4, 0.5) is 0 Å². The molecule has 1 aromatic rings. The van der Waals surface area contributed by atoms with Gasteiger partial charge in [0, 0.05) is 27.4 Å². The number of rotatable bonds is 7. The normalized spacial score (nSPS) is 14.0. The number of aromatic nitrogens is 2. The molecule has 0 bridgehead atoms.